The maximum atomic E-state index is 10.1. The highest BCUT2D eigenvalue weighted by Crippen LogP contribution is 2.23. The molecule has 60 valence electrons. The Kier molecular flexibility index (Phi) is 1.33. The summed E-state index contributed by atoms with van der Waals surface area (Å²) in [4.78, 5) is 12.9. The minimum Gasteiger partial charge on any atom is -0.508 e. The molecule has 12 heavy (non-hydrogen) atoms. The highest BCUT2D eigenvalue weighted by Gasteiger charge is 2.00. The number of aromatic hydroxyl groups is 1. The van der Waals surface area contributed by atoms with Crippen molar-refractivity contribution < 1.29 is 5.11 Å². The van der Waals surface area contributed by atoms with Crippen molar-refractivity contribution in [3.8, 4) is 5.75 Å². The van der Waals surface area contributed by atoms with Gasteiger partial charge in [0.15, 0.2) is 5.82 Å². The predicted molar refractivity (Wildman–Crippen MR) is 45.4 cm³/mol. The lowest BCUT2D eigenvalue weighted by Crippen LogP contribution is -1.66. The maximum absolute atomic E-state index is 10.1. The summed E-state index contributed by atoms with van der Waals surface area (Å²) in [6.07, 6.45) is 0. The molecule has 1 aromatic carbocycles. The van der Waals surface area contributed by atoms with Gasteiger partial charge in [-0.15, -0.1) is 4.91 Å². The zero-order valence-electron chi connectivity index (χ0n) is 6.11. The van der Waals surface area contributed by atoms with Crippen molar-refractivity contribution >= 4 is 16.7 Å². The molecule has 0 aliphatic rings. The average molecular weight is 162 g/mol. The quantitative estimate of drug-likeness (QED) is 0.631. The summed E-state index contributed by atoms with van der Waals surface area (Å²) in [5, 5.41) is 12.6. The molecule has 1 heterocycles. The van der Waals surface area contributed by atoms with Gasteiger partial charge in [0.1, 0.15) is 5.75 Å². The molecule has 0 amide bonds. The van der Waals surface area contributed by atoms with Crippen LogP contribution in [0.4, 0.5) is 5.82 Å². The van der Waals surface area contributed by atoms with E-state index in [9.17, 15) is 4.91 Å². The summed E-state index contributed by atoms with van der Waals surface area (Å²) in [7, 11) is 0. The largest absolute Gasteiger partial charge is 0.508 e. The number of hydrogen-bond acceptors (Lipinski definition) is 3. The van der Waals surface area contributed by atoms with E-state index in [4.69, 9.17) is 5.11 Å². The number of phenolic OH excluding ortho intramolecular Hbond substituents is 1. The van der Waals surface area contributed by atoms with Crippen LogP contribution in [-0.4, -0.2) is 10.1 Å². The number of phenols is 1. The van der Waals surface area contributed by atoms with Crippen molar-refractivity contribution in [1.29, 1.82) is 0 Å². The molecule has 0 saturated carbocycles. The molecule has 2 aromatic rings. The number of rotatable bonds is 1. The molecule has 0 aliphatic carbocycles. The van der Waals surface area contributed by atoms with Crippen molar-refractivity contribution in [1.82, 2.24) is 4.98 Å². The third kappa shape index (κ3) is 0.934. The van der Waals surface area contributed by atoms with E-state index < -0.39 is 0 Å². The molecule has 0 radical (unpaired) electrons. The molecule has 0 aliphatic heterocycles. The predicted octanol–water partition coefficient (Wildman–Crippen LogP) is 2.27. The lowest BCUT2D eigenvalue weighted by molar-refractivity contribution is 0.476. The van der Waals surface area contributed by atoms with Crippen LogP contribution >= 0.6 is 0 Å². The Hall–Kier alpha value is -1.84. The fourth-order valence-corrected chi connectivity index (χ4v) is 1.15. The fourth-order valence-electron chi connectivity index (χ4n) is 1.15. The molecule has 1 aromatic heterocycles. The Morgan fingerprint density at radius 3 is 2.92 bits per heavy atom. The van der Waals surface area contributed by atoms with E-state index in [1.807, 2.05) is 0 Å². The Balaban J connectivity index is 2.75. The first-order chi connectivity index (χ1) is 5.79. The second-order valence-electron chi connectivity index (χ2n) is 2.52. The van der Waals surface area contributed by atoms with Gasteiger partial charge in [0.05, 0.1) is 0 Å². The van der Waals surface area contributed by atoms with Crippen LogP contribution in [0.25, 0.3) is 10.9 Å². The fraction of sp³-hybridized carbons (Fsp3) is 0. The zero-order valence-corrected chi connectivity index (χ0v) is 6.11. The molecule has 0 spiro atoms. The molecular weight excluding hydrogens is 156 g/mol. The molecule has 4 heteroatoms. The minimum atomic E-state index is 0.180. The number of hydrogen-bond donors (Lipinski definition) is 2. The Labute approximate surface area is 67.8 Å². The lowest BCUT2D eigenvalue weighted by Gasteiger charge is -1.89. The summed E-state index contributed by atoms with van der Waals surface area (Å²) in [5.74, 6) is 0.453. The van der Waals surface area contributed by atoms with Crippen molar-refractivity contribution in [3.05, 3.63) is 29.2 Å². The third-order valence-corrected chi connectivity index (χ3v) is 1.69. The van der Waals surface area contributed by atoms with Gasteiger partial charge in [-0.3, -0.25) is 0 Å². The summed E-state index contributed by atoms with van der Waals surface area (Å²) < 4.78 is 0. The number of benzene rings is 1. The molecule has 0 bridgehead atoms. The standard InChI is InChI=1S/C8H6N2O2/c11-6-1-2-7-5(3-6)4-8(9-7)10-12/h1-4,9,11H. The molecule has 0 unspecified atom stereocenters. The smallest absolute Gasteiger partial charge is 0.175 e. The first-order valence-electron chi connectivity index (χ1n) is 3.45. The summed E-state index contributed by atoms with van der Waals surface area (Å²) in [6, 6.07) is 6.40. The zero-order chi connectivity index (χ0) is 8.55. The van der Waals surface area contributed by atoms with Crippen LogP contribution in [0, 0.1) is 4.91 Å². The van der Waals surface area contributed by atoms with Crippen molar-refractivity contribution in [2.45, 2.75) is 0 Å². The van der Waals surface area contributed by atoms with Gasteiger partial charge in [0.2, 0.25) is 0 Å². The van der Waals surface area contributed by atoms with E-state index in [1.54, 1.807) is 24.3 Å². The second kappa shape index (κ2) is 2.34. The molecule has 0 saturated heterocycles. The summed E-state index contributed by atoms with van der Waals surface area (Å²) in [5.41, 5.74) is 0.794. The van der Waals surface area contributed by atoms with Gasteiger partial charge < -0.3 is 10.1 Å². The number of aromatic amines is 1. The number of fused-ring (bicyclic) bond motifs is 1. The van der Waals surface area contributed by atoms with Crippen LogP contribution in [0.2, 0.25) is 0 Å². The van der Waals surface area contributed by atoms with Crippen LogP contribution in [-0.2, 0) is 0 Å². The monoisotopic (exact) mass is 162 g/mol. The van der Waals surface area contributed by atoms with Gasteiger partial charge in [-0.2, -0.15) is 0 Å². The number of H-pyrrole nitrogens is 1. The molecule has 4 nitrogen and oxygen atoms in total. The topological polar surface area (TPSA) is 65.4 Å². The number of nitrogens with one attached hydrogen (secondary N) is 1. The first kappa shape index (κ1) is 6.84. The minimum absolute atomic E-state index is 0.180. The second-order valence-corrected chi connectivity index (χ2v) is 2.52. The van der Waals surface area contributed by atoms with Crippen LogP contribution < -0.4 is 0 Å². The van der Waals surface area contributed by atoms with Crippen molar-refractivity contribution in [3.63, 3.8) is 0 Å². The van der Waals surface area contributed by atoms with Gasteiger partial charge in [0.25, 0.3) is 0 Å². The molecular formula is C8H6N2O2. The van der Waals surface area contributed by atoms with Gasteiger partial charge in [-0.1, -0.05) is 0 Å². The van der Waals surface area contributed by atoms with E-state index in [0.717, 1.165) is 10.9 Å². The molecule has 0 atom stereocenters. The van der Waals surface area contributed by atoms with E-state index >= 15 is 0 Å². The van der Waals surface area contributed by atoms with Gasteiger partial charge >= 0.3 is 0 Å². The Morgan fingerprint density at radius 1 is 1.33 bits per heavy atom. The summed E-state index contributed by atoms with van der Waals surface area (Å²) >= 11 is 0. The Morgan fingerprint density at radius 2 is 2.17 bits per heavy atom. The van der Waals surface area contributed by atoms with E-state index in [0.29, 0.717) is 0 Å². The lowest BCUT2D eigenvalue weighted by atomic mass is 10.2. The van der Waals surface area contributed by atoms with Crippen LogP contribution in [0.1, 0.15) is 0 Å². The van der Waals surface area contributed by atoms with E-state index in [1.165, 1.54) is 0 Å². The number of nitrogens with zero attached hydrogens (tertiary/aromatic N) is 1. The van der Waals surface area contributed by atoms with Crippen LogP contribution in [0.5, 0.6) is 5.75 Å². The van der Waals surface area contributed by atoms with Crippen LogP contribution in [0.3, 0.4) is 0 Å². The van der Waals surface area contributed by atoms with Crippen molar-refractivity contribution in [2.24, 2.45) is 5.18 Å². The SMILES string of the molecule is O=Nc1cc2cc(O)ccc2[nH]1. The van der Waals surface area contributed by atoms with E-state index in [-0.39, 0.29) is 11.6 Å². The molecule has 2 rings (SSSR count). The average Bonchev–Trinajstić information content (AvgIpc) is 2.46. The molecule has 0 fully saturated rings. The third-order valence-electron chi connectivity index (χ3n) is 1.69. The Bertz CT molecular complexity index is 434. The van der Waals surface area contributed by atoms with Gasteiger partial charge in [-0.25, -0.2) is 0 Å². The molecule has 2 N–H and O–H groups in total. The van der Waals surface area contributed by atoms with Crippen molar-refractivity contribution in [2.75, 3.05) is 0 Å². The highest BCUT2D eigenvalue weighted by molar-refractivity contribution is 5.84. The summed E-state index contributed by atoms with van der Waals surface area (Å²) in [6.45, 7) is 0. The first-order valence-corrected chi connectivity index (χ1v) is 3.45. The number of nitroso groups, excluding NO2 is 1. The van der Waals surface area contributed by atoms with Crippen LogP contribution in [0.15, 0.2) is 29.4 Å². The van der Waals surface area contributed by atoms with Gasteiger partial charge in [0, 0.05) is 10.9 Å². The number of aromatic nitrogens is 1. The van der Waals surface area contributed by atoms with Gasteiger partial charge in [-0.05, 0) is 29.4 Å². The maximum Gasteiger partial charge on any atom is 0.175 e. The highest BCUT2D eigenvalue weighted by atomic mass is 16.3. The van der Waals surface area contributed by atoms with E-state index in [2.05, 4.69) is 10.2 Å². The normalized spacial score (nSPS) is 10.3.